The number of esters is 1. The molecule has 5 heteroatoms. The highest BCUT2D eigenvalue weighted by atomic mass is 35.5. The van der Waals surface area contributed by atoms with E-state index >= 15 is 0 Å². The van der Waals surface area contributed by atoms with Crippen LogP contribution in [0.15, 0.2) is 30.3 Å². The largest absolute Gasteiger partial charge is 0.452 e. The lowest BCUT2D eigenvalue weighted by atomic mass is 9.89. The van der Waals surface area contributed by atoms with Crippen molar-refractivity contribution in [3.05, 3.63) is 40.9 Å². The normalized spacial score (nSPS) is 15.5. The van der Waals surface area contributed by atoms with Crippen LogP contribution in [0.4, 0.5) is 0 Å². The summed E-state index contributed by atoms with van der Waals surface area (Å²) in [5.41, 5.74) is 0.841. The van der Waals surface area contributed by atoms with E-state index in [1.54, 1.807) is 30.3 Å². The Labute approximate surface area is 141 Å². The van der Waals surface area contributed by atoms with Crippen LogP contribution in [-0.4, -0.2) is 25.0 Å². The zero-order valence-corrected chi connectivity index (χ0v) is 13.8. The molecule has 1 aromatic rings. The van der Waals surface area contributed by atoms with Gasteiger partial charge in [0.2, 0.25) is 0 Å². The number of hydrogen-bond donors (Lipinski definition) is 1. The first-order valence-electron chi connectivity index (χ1n) is 8.00. The van der Waals surface area contributed by atoms with Gasteiger partial charge in [0, 0.05) is 17.6 Å². The Morgan fingerprint density at radius 2 is 1.87 bits per heavy atom. The van der Waals surface area contributed by atoms with E-state index in [2.05, 4.69) is 5.32 Å². The number of carbonyl (C=O) groups is 2. The summed E-state index contributed by atoms with van der Waals surface area (Å²) < 4.78 is 4.93. The minimum absolute atomic E-state index is 0.240. The van der Waals surface area contributed by atoms with Gasteiger partial charge in [0.05, 0.1) is 0 Å². The topological polar surface area (TPSA) is 55.4 Å². The Hall–Kier alpha value is -1.81. The van der Waals surface area contributed by atoms with Crippen molar-refractivity contribution in [1.82, 2.24) is 5.32 Å². The van der Waals surface area contributed by atoms with Crippen LogP contribution in [0.3, 0.4) is 0 Å². The van der Waals surface area contributed by atoms with Crippen molar-refractivity contribution < 1.29 is 14.3 Å². The average Bonchev–Trinajstić information content (AvgIpc) is 2.58. The summed E-state index contributed by atoms with van der Waals surface area (Å²) >= 11 is 5.78. The second-order valence-corrected chi connectivity index (χ2v) is 6.24. The van der Waals surface area contributed by atoms with Crippen LogP contribution in [0, 0.1) is 5.92 Å². The summed E-state index contributed by atoms with van der Waals surface area (Å²) in [4.78, 5) is 23.3. The maximum absolute atomic E-state index is 11.7. The fourth-order valence-electron chi connectivity index (χ4n) is 2.62. The molecule has 1 amide bonds. The molecule has 0 unspecified atom stereocenters. The van der Waals surface area contributed by atoms with Crippen LogP contribution in [0.5, 0.6) is 0 Å². The summed E-state index contributed by atoms with van der Waals surface area (Å²) in [5, 5.41) is 3.47. The first-order chi connectivity index (χ1) is 11.1. The van der Waals surface area contributed by atoms with E-state index in [1.165, 1.54) is 38.2 Å². The van der Waals surface area contributed by atoms with Gasteiger partial charge in [0.15, 0.2) is 6.61 Å². The lowest BCUT2D eigenvalue weighted by molar-refractivity contribution is -0.143. The Kier molecular flexibility index (Phi) is 7.14. The summed E-state index contributed by atoms with van der Waals surface area (Å²) in [5.74, 6) is -0.218. The summed E-state index contributed by atoms with van der Waals surface area (Å²) in [6.45, 7) is 0.438. The second kappa shape index (κ2) is 9.36. The Morgan fingerprint density at radius 1 is 1.17 bits per heavy atom. The fraction of sp³-hybridized carbons (Fsp3) is 0.444. The van der Waals surface area contributed by atoms with E-state index in [-0.39, 0.29) is 12.5 Å². The van der Waals surface area contributed by atoms with Gasteiger partial charge >= 0.3 is 5.97 Å². The zero-order chi connectivity index (χ0) is 16.5. The zero-order valence-electron chi connectivity index (χ0n) is 13.1. The van der Waals surface area contributed by atoms with Gasteiger partial charge in [0.25, 0.3) is 5.91 Å². The quantitative estimate of drug-likeness (QED) is 0.638. The lowest BCUT2D eigenvalue weighted by Crippen LogP contribution is -2.33. The van der Waals surface area contributed by atoms with Crippen molar-refractivity contribution >= 4 is 29.6 Å². The van der Waals surface area contributed by atoms with Gasteiger partial charge in [-0.25, -0.2) is 4.79 Å². The first kappa shape index (κ1) is 17.5. The van der Waals surface area contributed by atoms with Crippen LogP contribution in [-0.2, 0) is 14.3 Å². The molecule has 0 aliphatic heterocycles. The van der Waals surface area contributed by atoms with Crippen molar-refractivity contribution in [2.45, 2.75) is 32.1 Å². The smallest absolute Gasteiger partial charge is 0.331 e. The third-order valence-electron chi connectivity index (χ3n) is 3.94. The summed E-state index contributed by atoms with van der Waals surface area (Å²) in [6.07, 6.45) is 9.04. The third kappa shape index (κ3) is 6.87. The predicted octanol–water partition coefficient (Wildman–Crippen LogP) is 3.59. The van der Waals surface area contributed by atoms with Gasteiger partial charge in [-0.2, -0.15) is 0 Å². The molecule has 1 N–H and O–H groups in total. The number of hydrogen-bond acceptors (Lipinski definition) is 3. The van der Waals surface area contributed by atoms with Gasteiger partial charge in [-0.3, -0.25) is 4.79 Å². The maximum atomic E-state index is 11.7. The number of halogens is 1. The molecule has 0 atom stereocenters. The molecule has 0 saturated heterocycles. The summed E-state index contributed by atoms with van der Waals surface area (Å²) in [7, 11) is 0. The van der Waals surface area contributed by atoms with E-state index in [9.17, 15) is 9.59 Å². The maximum Gasteiger partial charge on any atom is 0.331 e. The van der Waals surface area contributed by atoms with Gasteiger partial charge < -0.3 is 10.1 Å². The molecule has 4 nitrogen and oxygen atoms in total. The summed E-state index contributed by atoms with van der Waals surface area (Å²) in [6, 6.07) is 7.07. The van der Waals surface area contributed by atoms with Crippen LogP contribution in [0.25, 0.3) is 6.08 Å². The molecule has 0 radical (unpaired) electrons. The van der Waals surface area contributed by atoms with Crippen molar-refractivity contribution in [2.24, 2.45) is 5.92 Å². The van der Waals surface area contributed by atoms with Gasteiger partial charge in [-0.05, 0) is 42.5 Å². The SMILES string of the molecule is O=C(COC(=O)/C=C/c1ccc(Cl)cc1)NCC1CCCCC1. The molecule has 124 valence electrons. The van der Waals surface area contributed by atoms with E-state index in [4.69, 9.17) is 16.3 Å². The molecule has 0 aromatic heterocycles. The number of rotatable bonds is 6. The van der Waals surface area contributed by atoms with E-state index in [1.807, 2.05) is 0 Å². The molecule has 1 aliphatic rings. The highest BCUT2D eigenvalue weighted by molar-refractivity contribution is 6.30. The van der Waals surface area contributed by atoms with Gasteiger partial charge in [-0.1, -0.05) is 43.0 Å². The highest BCUT2D eigenvalue weighted by Gasteiger charge is 2.14. The molecule has 0 heterocycles. The number of benzene rings is 1. The lowest BCUT2D eigenvalue weighted by Gasteiger charge is -2.21. The van der Waals surface area contributed by atoms with Crippen molar-refractivity contribution in [2.75, 3.05) is 13.2 Å². The molecule has 2 rings (SSSR count). The van der Waals surface area contributed by atoms with Gasteiger partial charge in [0.1, 0.15) is 0 Å². The Bertz CT molecular complexity index is 548. The first-order valence-corrected chi connectivity index (χ1v) is 8.38. The molecule has 1 aliphatic carbocycles. The van der Waals surface area contributed by atoms with Crippen molar-refractivity contribution in [3.8, 4) is 0 Å². The van der Waals surface area contributed by atoms with Crippen molar-refractivity contribution in [1.29, 1.82) is 0 Å². The molecule has 0 spiro atoms. The predicted molar refractivity (Wildman–Crippen MR) is 91.0 cm³/mol. The third-order valence-corrected chi connectivity index (χ3v) is 4.19. The molecule has 0 bridgehead atoms. The number of carbonyl (C=O) groups excluding carboxylic acids is 2. The number of ether oxygens (including phenoxy) is 1. The minimum atomic E-state index is -0.534. The van der Waals surface area contributed by atoms with Crippen LogP contribution >= 0.6 is 11.6 Å². The number of nitrogens with one attached hydrogen (secondary N) is 1. The molecule has 1 aromatic carbocycles. The molecule has 1 saturated carbocycles. The standard InChI is InChI=1S/C18H22ClNO3/c19-16-9-6-14(7-10-16)8-11-18(22)23-13-17(21)20-12-15-4-2-1-3-5-15/h6-11,15H,1-5,12-13H2,(H,20,21)/b11-8+. The monoisotopic (exact) mass is 335 g/mol. The number of amides is 1. The van der Waals surface area contributed by atoms with Crippen LogP contribution in [0.1, 0.15) is 37.7 Å². The Morgan fingerprint density at radius 3 is 2.57 bits per heavy atom. The average molecular weight is 336 g/mol. The van der Waals surface area contributed by atoms with Crippen molar-refractivity contribution in [3.63, 3.8) is 0 Å². The highest BCUT2D eigenvalue weighted by Crippen LogP contribution is 2.22. The molecule has 23 heavy (non-hydrogen) atoms. The molecular formula is C18H22ClNO3. The fourth-order valence-corrected chi connectivity index (χ4v) is 2.75. The minimum Gasteiger partial charge on any atom is -0.452 e. The van der Waals surface area contributed by atoms with E-state index in [0.29, 0.717) is 17.5 Å². The Balaban J connectivity index is 1.65. The molecule has 1 fully saturated rings. The van der Waals surface area contributed by atoms with Crippen LogP contribution < -0.4 is 5.32 Å². The second-order valence-electron chi connectivity index (χ2n) is 5.80. The van der Waals surface area contributed by atoms with Gasteiger partial charge in [-0.15, -0.1) is 0 Å². The van der Waals surface area contributed by atoms with Crippen LogP contribution in [0.2, 0.25) is 5.02 Å². The molecular weight excluding hydrogens is 314 g/mol. The van der Waals surface area contributed by atoms with E-state index < -0.39 is 5.97 Å². The van der Waals surface area contributed by atoms with E-state index in [0.717, 1.165) is 5.56 Å².